The van der Waals surface area contributed by atoms with Gasteiger partial charge in [-0.3, -0.25) is 9.59 Å². The summed E-state index contributed by atoms with van der Waals surface area (Å²) >= 11 is 5.13. The van der Waals surface area contributed by atoms with E-state index in [0.717, 1.165) is 15.8 Å². The van der Waals surface area contributed by atoms with Crippen LogP contribution in [0.1, 0.15) is 30.1 Å². The average molecular weight is 465 g/mol. The molecule has 0 heterocycles. The highest BCUT2D eigenvalue weighted by Gasteiger charge is 2.08. The minimum atomic E-state index is -0.155. The van der Waals surface area contributed by atoms with Gasteiger partial charge in [0.25, 0.3) is 5.91 Å². The molecule has 7 heteroatoms. The van der Waals surface area contributed by atoms with Gasteiger partial charge in [0.2, 0.25) is 5.91 Å². The topological polar surface area (TPSA) is 67.4 Å². The first-order valence-corrected chi connectivity index (χ1v) is 11.0. The van der Waals surface area contributed by atoms with Gasteiger partial charge in [0, 0.05) is 52.6 Å². The van der Waals surface area contributed by atoms with E-state index in [1.807, 2.05) is 31.2 Å². The lowest BCUT2D eigenvalue weighted by Crippen LogP contribution is -2.25. The van der Waals surface area contributed by atoms with Crippen LogP contribution in [0.2, 0.25) is 0 Å². The molecule has 0 aliphatic heterocycles. The van der Waals surface area contributed by atoms with Crippen molar-refractivity contribution < 1.29 is 14.3 Å². The predicted molar refractivity (Wildman–Crippen MR) is 118 cm³/mol. The number of amides is 2. The third-order valence-corrected chi connectivity index (χ3v) is 5.82. The molecule has 28 heavy (non-hydrogen) atoms. The van der Waals surface area contributed by atoms with E-state index >= 15 is 0 Å². The van der Waals surface area contributed by atoms with Crippen molar-refractivity contribution in [2.24, 2.45) is 0 Å². The Kier molecular flexibility index (Phi) is 10.1. The van der Waals surface area contributed by atoms with Crippen LogP contribution in [0.5, 0.6) is 0 Å². The smallest absolute Gasteiger partial charge is 0.251 e. The molecule has 0 aliphatic rings. The molecule has 0 radical (unpaired) electrons. The van der Waals surface area contributed by atoms with Crippen LogP contribution < -0.4 is 10.6 Å². The molecule has 150 valence electrons. The summed E-state index contributed by atoms with van der Waals surface area (Å²) in [6.45, 7) is 3.81. The van der Waals surface area contributed by atoms with Crippen LogP contribution in [-0.2, 0) is 9.53 Å². The number of hydrogen-bond donors (Lipinski definition) is 2. The Labute approximate surface area is 178 Å². The van der Waals surface area contributed by atoms with E-state index in [4.69, 9.17) is 4.74 Å². The number of carbonyl (C=O) groups is 2. The third-order valence-electron chi connectivity index (χ3n) is 3.79. The van der Waals surface area contributed by atoms with Crippen molar-refractivity contribution in [3.63, 3.8) is 0 Å². The van der Waals surface area contributed by atoms with Crippen molar-refractivity contribution in [1.29, 1.82) is 0 Å². The molecule has 0 aliphatic carbocycles. The number of hydrogen-bond acceptors (Lipinski definition) is 4. The van der Waals surface area contributed by atoms with E-state index in [9.17, 15) is 9.59 Å². The van der Waals surface area contributed by atoms with Gasteiger partial charge in [-0.25, -0.2) is 0 Å². The quantitative estimate of drug-likeness (QED) is 0.372. The number of anilines is 1. The third kappa shape index (κ3) is 8.04. The predicted octanol–water partition coefficient (Wildman–Crippen LogP) is 4.73. The van der Waals surface area contributed by atoms with Gasteiger partial charge < -0.3 is 15.4 Å². The lowest BCUT2D eigenvalue weighted by atomic mass is 10.2. The maximum Gasteiger partial charge on any atom is 0.251 e. The summed E-state index contributed by atoms with van der Waals surface area (Å²) in [4.78, 5) is 25.5. The zero-order valence-corrected chi connectivity index (χ0v) is 18.3. The lowest BCUT2D eigenvalue weighted by molar-refractivity contribution is -0.115. The van der Waals surface area contributed by atoms with Crippen molar-refractivity contribution in [1.82, 2.24) is 5.32 Å². The van der Waals surface area contributed by atoms with Crippen molar-refractivity contribution in [3.8, 4) is 0 Å². The molecule has 2 amide bonds. The number of benzene rings is 2. The number of thioether (sulfide) groups is 1. The van der Waals surface area contributed by atoms with Gasteiger partial charge in [0.05, 0.1) is 0 Å². The second-order valence-corrected chi connectivity index (χ2v) is 7.96. The largest absolute Gasteiger partial charge is 0.382 e. The Morgan fingerprint density at radius 2 is 1.96 bits per heavy atom. The van der Waals surface area contributed by atoms with Crippen molar-refractivity contribution in [2.75, 3.05) is 30.8 Å². The number of halogens is 1. The van der Waals surface area contributed by atoms with E-state index in [1.54, 1.807) is 36.0 Å². The SMILES string of the molecule is CCOCCCNC(=O)c1cccc(NC(=O)CCSc2ccccc2Br)c1. The summed E-state index contributed by atoms with van der Waals surface area (Å²) < 4.78 is 6.28. The molecule has 2 aromatic rings. The van der Waals surface area contributed by atoms with Crippen LogP contribution >= 0.6 is 27.7 Å². The molecule has 2 N–H and O–H groups in total. The standard InChI is InChI=1S/C21H25BrN2O3S/c1-2-27-13-6-12-23-21(26)16-7-5-8-17(15-16)24-20(25)11-14-28-19-10-4-3-9-18(19)22/h3-5,7-10,15H,2,6,11-14H2,1H3,(H,23,26)(H,24,25). The zero-order chi connectivity index (χ0) is 20.2. The first-order valence-electron chi connectivity index (χ1n) is 9.23. The van der Waals surface area contributed by atoms with Crippen LogP contribution in [0.15, 0.2) is 57.9 Å². The fourth-order valence-electron chi connectivity index (χ4n) is 2.40. The maximum absolute atomic E-state index is 12.2. The van der Waals surface area contributed by atoms with Gasteiger partial charge in [0.1, 0.15) is 0 Å². The minimum absolute atomic E-state index is 0.0752. The fraction of sp³-hybridized carbons (Fsp3) is 0.333. The Morgan fingerprint density at radius 3 is 2.75 bits per heavy atom. The summed E-state index contributed by atoms with van der Waals surface area (Å²) in [5.41, 5.74) is 1.15. The number of carbonyl (C=O) groups excluding carboxylic acids is 2. The minimum Gasteiger partial charge on any atom is -0.382 e. The second-order valence-electron chi connectivity index (χ2n) is 5.96. The molecule has 0 unspecified atom stereocenters. The molecule has 0 fully saturated rings. The molecular formula is C21H25BrN2O3S. The Balaban J connectivity index is 1.77. The highest BCUT2D eigenvalue weighted by molar-refractivity contribution is 9.10. The molecule has 0 saturated heterocycles. The molecule has 5 nitrogen and oxygen atoms in total. The molecule has 2 aromatic carbocycles. The highest BCUT2D eigenvalue weighted by Crippen LogP contribution is 2.27. The van der Waals surface area contributed by atoms with Gasteiger partial charge in [-0.15, -0.1) is 11.8 Å². The summed E-state index contributed by atoms with van der Waals surface area (Å²) in [5.74, 6) is 0.444. The van der Waals surface area contributed by atoms with Crippen LogP contribution in [0, 0.1) is 0 Å². The van der Waals surface area contributed by atoms with Crippen molar-refractivity contribution in [3.05, 3.63) is 58.6 Å². The first kappa shape index (κ1) is 22.5. The summed E-state index contributed by atoms with van der Waals surface area (Å²) in [7, 11) is 0. The molecule has 0 saturated carbocycles. The van der Waals surface area contributed by atoms with Gasteiger partial charge in [-0.1, -0.05) is 18.2 Å². The van der Waals surface area contributed by atoms with Gasteiger partial charge >= 0.3 is 0 Å². The van der Waals surface area contributed by atoms with E-state index in [0.29, 0.717) is 43.2 Å². The molecule has 0 aromatic heterocycles. The highest BCUT2D eigenvalue weighted by atomic mass is 79.9. The van der Waals surface area contributed by atoms with E-state index in [1.165, 1.54) is 0 Å². The van der Waals surface area contributed by atoms with Crippen molar-refractivity contribution >= 4 is 45.2 Å². The van der Waals surface area contributed by atoms with Crippen LogP contribution in [-0.4, -0.2) is 37.3 Å². The second kappa shape index (κ2) is 12.6. The Morgan fingerprint density at radius 1 is 1.14 bits per heavy atom. The summed E-state index contributed by atoms with van der Waals surface area (Å²) in [6, 6.07) is 14.9. The average Bonchev–Trinajstić information content (AvgIpc) is 2.69. The molecule has 0 spiro atoms. The van der Waals surface area contributed by atoms with Crippen LogP contribution in [0.25, 0.3) is 0 Å². The molecule has 0 atom stereocenters. The lowest BCUT2D eigenvalue weighted by Gasteiger charge is -2.09. The zero-order valence-electron chi connectivity index (χ0n) is 15.9. The van der Waals surface area contributed by atoms with Crippen LogP contribution in [0.4, 0.5) is 5.69 Å². The van der Waals surface area contributed by atoms with Crippen molar-refractivity contribution in [2.45, 2.75) is 24.7 Å². The van der Waals surface area contributed by atoms with E-state index in [2.05, 4.69) is 26.6 Å². The first-order chi connectivity index (χ1) is 13.6. The Hall–Kier alpha value is -1.83. The molecular weight excluding hydrogens is 440 g/mol. The molecule has 0 bridgehead atoms. The fourth-order valence-corrected chi connectivity index (χ4v) is 3.92. The van der Waals surface area contributed by atoms with Gasteiger partial charge in [-0.2, -0.15) is 0 Å². The summed E-state index contributed by atoms with van der Waals surface area (Å²) in [5, 5.41) is 5.71. The monoisotopic (exact) mass is 464 g/mol. The molecule has 2 rings (SSSR count). The Bertz CT molecular complexity index is 786. The normalized spacial score (nSPS) is 10.5. The number of rotatable bonds is 11. The van der Waals surface area contributed by atoms with Crippen LogP contribution in [0.3, 0.4) is 0 Å². The van der Waals surface area contributed by atoms with Gasteiger partial charge in [-0.05, 0) is 59.6 Å². The maximum atomic E-state index is 12.2. The number of nitrogens with one attached hydrogen (secondary N) is 2. The van der Waals surface area contributed by atoms with E-state index < -0.39 is 0 Å². The van der Waals surface area contributed by atoms with Gasteiger partial charge in [0.15, 0.2) is 0 Å². The van der Waals surface area contributed by atoms with E-state index in [-0.39, 0.29) is 11.8 Å². The number of ether oxygens (including phenoxy) is 1. The summed E-state index contributed by atoms with van der Waals surface area (Å²) in [6.07, 6.45) is 1.16.